The van der Waals surface area contributed by atoms with Crippen LogP contribution in [0, 0.1) is 27.8 Å². The van der Waals surface area contributed by atoms with Gasteiger partial charge >= 0.3 is 6.09 Å². The van der Waals surface area contributed by atoms with Gasteiger partial charge in [-0.2, -0.15) is 0 Å². The number of fused-ring (bicyclic) bond motifs is 3. The monoisotopic (exact) mass is 445 g/mol. The summed E-state index contributed by atoms with van der Waals surface area (Å²) in [6, 6.07) is 18.0. The maximum atomic E-state index is 13.9. The van der Waals surface area contributed by atoms with Crippen LogP contribution in [0.3, 0.4) is 0 Å². The van der Waals surface area contributed by atoms with Gasteiger partial charge in [-0.05, 0) is 22.3 Å². The average molecular weight is 445 g/mol. The van der Waals surface area contributed by atoms with Gasteiger partial charge in [-0.1, -0.05) is 60.4 Å². The molecule has 0 aliphatic heterocycles. The fraction of sp³-hybridized carbons (Fsp3) is 0.160. The van der Waals surface area contributed by atoms with E-state index in [0.717, 1.165) is 34.4 Å². The minimum Gasteiger partial charge on any atom is -0.449 e. The van der Waals surface area contributed by atoms with Crippen LogP contribution in [0.4, 0.5) is 20.6 Å². The molecule has 1 amide bonds. The van der Waals surface area contributed by atoms with Crippen molar-refractivity contribution in [3.05, 3.63) is 93.3 Å². The third-order valence-electron chi connectivity index (χ3n) is 5.40. The molecule has 166 valence electrons. The zero-order valence-corrected chi connectivity index (χ0v) is 17.5. The predicted octanol–water partition coefficient (Wildman–Crippen LogP) is 4.60. The lowest BCUT2D eigenvalue weighted by atomic mass is 9.98. The predicted molar refractivity (Wildman–Crippen MR) is 122 cm³/mol. The quantitative estimate of drug-likeness (QED) is 0.196. The zero-order valence-electron chi connectivity index (χ0n) is 17.5. The van der Waals surface area contributed by atoms with Gasteiger partial charge in [0.2, 0.25) is 0 Å². The molecule has 0 spiro atoms. The largest absolute Gasteiger partial charge is 0.449 e. The Labute approximate surface area is 189 Å². The summed E-state index contributed by atoms with van der Waals surface area (Å²) in [4.78, 5) is 22.4. The van der Waals surface area contributed by atoms with Crippen molar-refractivity contribution in [2.75, 3.05) is 18.9 Å². The first-order chi connectivity index (χ1) is 16.0. The molecule has 33 heavy (non-hydrogen) atoms. The number of nitrogen functional groups attached to an aromatic ring is 1. The summed E-state index contributed by atoms with van der Waals surface area (Å²) in [7, 11) is 0. The van der Waals surface area contributed by atoms with E-state index in [1.54, 1.807) is 0 Å². The number of nitrogens with one attached hydrogen (secondary N) is 1. The smallest absolute Gasteiger partial charge is 0.407 e. The van der Waals surface area contributed by atoms with Gasteiger partial charge in [-0.15, -0.1) is 0 Å². The number of amides is 1. The standard InChI is InChI=1S/C25H20FN3O4/c26-22-14-23(27)24(29(31)32)13-16(22)7-5-6-12-28-25(30)33-15-21-19-10-3-1-8-17(19)18-9-2-4-11-20(18)21/h1-4,8-11,13-14,21H,6,12,15,27H2,(H,28,30). The molecule has 0 saturated heterocycles. The van der Waals surface area contributed by atoms with Crippen molar-refractivity contribution < 1.29 is 18.8 Å². The average Bonchev–Trinajstić information content (AvgIpc) is 3.12. The van der Waals surface area contributed by atoms with Crippen molar-refractivity contribution in [3.8, 4) is 23.0 Å². The molecule has 3 N–H and O–H groups in total. The van der Waals surface area contributed by atoms with E-state index in [4.69, 9.17) is 10.5 Å². The summed E-state index contributed by atoms with van der Waals surface area (Å²) in [6.45, 7) is 0.383. The molecule has 0 heterocycles. The summed E-state index contributed by atoms with van der Waals surface area (Å²) in [6.07, 6.45) is -0.366. The Morgan fingerprint density at radius 3 is 2.39 bits per heavy atom. The fourth-order valence-corrected chi connectivity index (χ4v) is 3.87. The van der Waals surface area contributed by atoms with Gasteiger partial charge in [0.15, 0.2) is 0 Å². The number of carbonyl (C=O) groups excluding carboxylic acids is 1. The van der Waals surface area contributed by atoms with Crippen LogP contribution in [0.1, 0.15) is 29.0 Å². The number of hydrogen-bond donors (Lipinski definition) is 2. The highest BCUT2D eigenvalue weighted by Gasteiger charge is 2.28. The Bertz CT molecular complexity index is 1250. The van der Waals surface area contributed by atoms with Crippen LogP contribution in [-0.2, 0) is 4.74 Å². The first-order valence-electron chi connectivity index (χ1n) is 10.3. The minimum atomic E-state index is -0.741. The second-order valence-corrected chi connectivity index (χ2v) is 7.45. The van der Waals surface area contributed by atoms with Crippen LogP contribution in [0.15, 0.2) is 60.7 Å². The number of carbonyl (C=O) groups is 1. The maximum Gasteiger partial charge on any atom is 0.407 e. The molecule has 4 rings (SSSR count). The Kier molecular flexibility index (Phi) is 6.22. The summed E-state index contributed by atoms with van der Waals surface area (Å²) >= 11 is 0. The lowest BCUT2D eigenvalue weighted by molar-refractivity contribution is -0.384. The molecule has 3 aromatic carbocycles. The Morgan fingerprint density at radius 2 is 1.76 bits per heavy atom. The third kappa shape index (κ3) is 4.62. The van der Waals surface area contributed by atoms with E-state index in [-0.39, 0.29) is 36.7 Å². The fourth-order valence-electron chi connectivity index (χ4n) is 3.87. The molecule has 3 aromatic rings. The summed E-state index contributed by atoms with van der Waals surface area (Å²) < 4.78 is 19.3. The van der Waals surface area contributed by atoms with Gasteiger partial charge in [0.1, 0.15) is 18.1 Å². The van der Waals surface area contributed by atoms with Gasteiger partial charge in [0, 0.05) is 31.0 Å². The summed E-state index contributed by atoms with van der Waals surface area (Å²) in [5.74, 6) is 4.44. The molecule has 0 unspecified atom stereocenters. The first-order valence-corrected chi connectivity index (χ1v) is 10.3. The highest BCUT2D eigenvalue weighted by atomic mass is 19.1. The number of halogens is 1. The molecule has 1 aliphatic rings. The maximum absolute atomic E-state index is 13.9. The van der Waals surface area contributed by atoms with Crippen molar-refractivity contribution in [1.29, 1.82) is 0 Å². The Morgan fingerprint density at radius 1 is 1.12 bits per heavy atom. The second-order valence-electron chi connectivity index (χ2n) is 7.45. The molecule has 0 fully saturated rings. The topological polar surface area (TPSA) is 107 Å². The molecule has 0 radical (unpaired) electrons. The van der Waals surface area contributed by atoms with Crippen molar-refractivity contribution in [3.63, 3.8) is 0 Å². The lowest BCUT2D eigenvalue weighted by Gasteiger charge is -2.14. The Hall–Kier alpha value is -4.38. The van der Waals surface area contributed by atoms with Crippen LogP contribution >= 0.6 is 0 Å². The molecule has 0 aromatic heterocycles. The molecule has 7 nitrogen and oxygen atoms in total. The zero-order chi connectivity index (χ0) is 23.4. The number of alkyl carbamates (subject to hydrolysis) is 1. The number of benzene rings is 3. The number of nitrogens with zero attached hydrogens (tertiary/aromatic N) is 1. The molecule has 0 bridgehead atoms. The normalized spacial score (nSPS) is 11.7. The highest BCUT2D eigenvalue weighted by Crippen LogP contribution is 2.44. The number of nitrogens with two attached hydrogens (primary N) is 1. The molecular formula is C25H20FN3O4. The number of anilines is 1. The van der Waals surface area contributed by atoms with Crippen LogP contribution in [0.25, 0.3) is 11.1 Å². The van der Waals surface area contributed by atoms with Crippen molar-refractivity contribution in [1.82, 2.24) is 5.32 Å². The van der Waals surface area contributed by atoms with E-state index in [1.165, 1.54) is 0 Å². The van der Waals surface area contributed by atoms with Gasteiger partial charge in [0.25, 0.3) is 5.69 Å². The third-order valence-corrected chi connectivity index (χ3v) is 5.40. The van der Waals surface area contributed by atoms with Crippen molar-refractivity contribution in [2.45, 2.75) is 12.3 Å². The number of ether oxygens (including phenoxy) is 1. The van der Waals surface area contributed by atoms with Crippen LogP contribution < -0.4 is 11.1 Å². The summed E-state index contributed by atoms with van der Waals surface area (Å²) in [5, 5.41) is 13.5. The van der Waals surface area contributed by atoms with Crippen LogP contribution in [0.5, 0.6) is 0 Å². The van der Waals surface area contributed by atoms with Gasteiger partial charge in [-0.25, -0.2) is 9.18 Å². The van der Waals surface area contributed by atoms with E-state index >= 15 is 0 Å². The second kappa shape index (κ2) is 9.40. The van der Waals surface area contributed by atoms with Gasteiger partial charge in [0.05, 0.1) is 10.5 Å². The number of nitro groups is 1. The SMILES string of the molecule is Nc1cc(F)c(C#CCCNC(=O)OCC2c3ccccc3-c3ccccc32)cc1[N+](=O)[O-]. The Balaban J connectivity index is 1.31. The number of nitro benzene ring substituents is 1. The molecule has 0 saturated carbocycles. The van der Waals surface area contributed by atoms with E-state index in [9.17, 15) is 19.3 Å². The molecular weight excluding hydrogens is 425 g/mol. The molecule has 0 atom stereocenters. The van der Waals surface area contributed by atoms with E-state index in [2.05, 4.69) is 29.3 Å². The number of rotatable bonds is 5. The van der Waals surface area contributed by atoms with E-state index in [1.807, 2.05) is 36.4 Å². The van der Waals surface area contributed by atoms with Crippen LogP contribution in [-0.4, -0.2) is 24.2 Å². The van der Waals surface area contributed by atoms with Crippen LogP contribution in [0.2, 0.25) is 0 Å². The molecule has 8 heteroatoms. The van der Waals surface area contributed by atoms with Crippen molar-refractivity contribution >= 4 is 17.5 Å². The van der Waals surface area contributed by atoms with Crippen molar-refractivity contribution in [2.24, 2.45) is 0 Å². The van der Waals surface area contributed by atoms with Gasteiger partial charge in [-0.3, -0.25) is 10.1 Å². The lowest BCUT2D eigenvalue weighted by Crippen LogP contribution is -2.26. The number of hydrogen-bond acceptors (Lipinski definition) is 5. The first kappa shape index (κ1) is 21.8. The highest BCUT2D eigenvalue weighted by molar-refractivity contribution is 5.79. The minimum absolute atomic E-state index is 0.0350. The van der Waals surface area contributed by atoms with E-state index in [0.29, 0.717) is 0 Å². The van der Waals surface area contributed by atoms with E-state index < -0.39 is 22.5 Å². The summed E-state index contributed by atoms with van der Waals surface area (Å²) in [5.41, 5.74) is 9.18. The molecule has 1 aliphatic carbocycles. The van der Waals surface area contributed by atoms with Gasteiger partial charge < -0.3 is 15.8 Å².